The largest absolute Gasteiger partial charge is 0.364 e. The molecule has 0 radical (unpaired) electrons. The molecular weight excluding hydrogens is 410 g/mol. The van der Waals surface area contributed by atoms with Gasteiger partial charge in [0.1, 0.15) is 6.33 Å². The number of nitro groups is 1. The summed E-state index contributed by atoms with van der Waals surface area (Å²) in [6.07, 6.45) is 3.61. The number of hydrogen-bond donors (Lipinski definition) is 1. The molecule has 2 saturated heterocycles. The van der Waals surface area contributed by atoms with E-state index in [0.29, 0.717) is 44.8 Å². The molecule has 1 N–H and O–H groups in total. The van der Waals surface area contributed by atoms with Gasteiger partial charge in [-0.25, -0.2) is 9.97 Å². The van der Waals surface area contributed by atoms with Crippen LogP contribution in [0.3, 0.4) is 0 Å². The highest BCUT2D eigenvalue weighted by molar-refractivity contribution is 5.78. The molecule has 4 rings (SSSR count). The zero-order valence-corrected chi connectivity index (χ0v) is 18.2. The first-order valence-electron chi connectivity index (χ1n) is 11.1. The molecule has 2 aliphatic heterocycles. The Labute approximate surface area is 187 Å². The zero-order chi connectivity index (χ0) is 22.3. The summed E-state index contributed by atoms with van der Waals surface area (Å²) in [6, 6.07) is 10.3. The van der Waals surface area contributed by atoms with E-state index in [-0.39, 0.29) is 17.4 Å². The number of amides is 1. The van der Waals surface area contributed by atoms with Crippen molar-refractivity contribution in [1.29, 1.82) is 0 Å². The van der Waals surface area contributed by atoms with Gasteiger partial charge in [-0.2, -0.15) is 0 Å². The van der Waals surface area contributed by atoms with Crippen LogP contribution in [-0.2, 0) is 11.3 Å². The molecule has 2 aliphatic rings. The number of carbonyl (C=O) groups is 1. The van der Waals surface area contributed by atoms with Gasteiger partial charge in [0.15, 0.2) is 0 Å². The van der Waals surface area contributed by atoms with E-state index in [2.05, 4.69) is 32.3 Å². The highest BCUT2D eigenvalue weighted by atomic mass is 16.6. The topological polar surface area (TPSA) is 108 Å². The highest BCUT2D eigenvalue weighted by Gasteiger charge is 2.29. The molecular formula is C22H29N7O3. The smallest absolute Gasteiger partial charge is 0.353 e. The Bertz CT molecular complexity index is 932. The molecule has 32 heavy (non-hydrogen) atoms. The molecule has 0 bridgehead atoms. The van der Waals surface area contributed by atoms with Crippen LogP contribution >= 0.6 is 0 Å². The molecule has 170 valence electrons. The van der Waals surface area contributed by atoms with Crippen molar-refractivity contribution in [3.8, 4) is 0 Å². The number of rotatable bonds is 9. The van der Waals surface area contributed by atoms with E-state index in [4.69, 9.17) is 0 Å². The molecule has 0 saturated carbocycles. The predicted molar refractivity (Wildman–Crippen MR) is 122 cm³/mol. The average molecular weight is 440 g/mol. The Kier molecular flexibility index (Phi) is 7.10. The molecule has 10 nitrogen and oxygen atoms in total. The van der Waals surface area contributed by atoms with E-state index in [9.17, 15) is 14.9 Å². The van der Waals surface area contributed by atoms with Crippen LogP contribution in [0.1, 0.15) is 24.8 Å². The van der Waals surface area contributed by atoms with E-state index < -0.39 is 4.92 Å². The lowest BCUT2D eigenvalue weighted by Gasteiger charge is -2.35. The fourth-order valence-corrected chi connectivity index (χ4v) is 4.27. The van der Waals surface area contributed by atoms with Crippen molar-refractivity contribution in [2.24, 2.45) is 0 Å². The minimum atomic E-state index is -0.405. The van der Waals surface area contributed by atoms with E-state index in [0.717, 1.165) is 32.6 Å². The molecule has 0 aliphatic carbocycles. The van der Waals surface area contributed by atoms with Gasteiger partial charge in [0.2, 0.25) is 17.5 Å². The van der Waals surface area contributed by atoms with Gasteiger partial charge in [-0.15, -0.1) is 0 Å². The average Bonchev–Trinajstić information content (AvgIpc) is 3.22. The fraction of sp³-hybridized carbons (Fsp3) is 0.500. The first kappa shape index (κ1) is 21.9. The molecule has 2 fully saturated rings. The predicted octanol–water partition coefficient (Wildman–Crippen LogP) is 2.13. The Morgan fingerprint density at radius 1 is 1.06 bits per heavy atom. The van der Waals surface area contributed by atoms with Crippen molar-refractivity contribution in [1.82, 2.24) is 19.8 Å². The zero-order valence-electron chi connectivity index (χ0n) is 18.2. The number of nitrogens with zero attached hydrogens (tertiary/aromatic N) is 6. The van der Waals surface area contributed by atoms with Crippen molar-refractivity contribution in [3.05, 3.63) is 52.3 Å². The summed E-state index contributed by atoms with van der Waals surface area (Å²) in [5, 5.41) is 15.0. The molecule has 1 aromatic carbocycles. The van der Waals surface area contributed by atoms with Crippen LogP contribution < -0.4 is 10.2 Å². The van der Waals surface area contributed by atoms with Crippen molar-refractivity contribution in [3.63, 3.8) is 0 Å². The number of nitrogens with one attached hydrogen (secondary N) is 1. The van der Waals surface area contributed by atoms with E-state index >= 15 is 0 Å². The molecule has 0 atom stereocenters. The number of benzene rings is 1. The van der Waals surface area contributed by atoms with Gasteiger partial charge in [-0.05, 0) is 18.4 Å². The lowest BCUT2D eigenvalue weighted by atomic mass is 10.2. The quantitative estimate of drug-likeness (QED) is 0.360. The van der Waals surface area contributed by atoms with E-state index in [1.807, 2.05) is 28.0 Å². The van der Waals surface area contributed by atoms with E-state index in [1.165, 1.54) is 11.9 Å². The van der Waals surface area contributed by atoms with Crippen molar-refractivity contribution < 1.29 is 9.72 Å². The summed E-state index contributed by atoms with van der Waals surface area (Å²) in [6.45, 7) is 5.78. The number of anilines is 2. The van der Waals surface area contributed by atoms with Gasteiger partial charge in [-0.1, -0.05) is 30.3 Å². The van der Waals surface area contributed by atoms with Gasteiger partial charge in [-0.3, -0.25) is 19.8 Å². The van der Waals surface area contributed by atoms with Crippen LogP contribution in [0, 0.1) is 10.1 Å². The van der Waals surface area contributed by atoms with Gasteiger partial charge in [0.25, 0.3) is 0 Å². The fourth-order valence-electron chi connectivity index (χ4n) is 4.27. The molecule has 10 heteroatoms. The third-order valence-corrected chi connectivity index (χ3v) is 5.97. The molecule has 1 aromatic heterocycles. The Morgan fingerprint density at radius 3 is 2.53 bits per heavy atom. The second-order valence-electron chi connectivity index (χ2n) is 8.17. The summed E-state index contributed by atoms with van der Waals surface area (Å²) >= 11 is 0. The van der Waals surface area contributed by atoms with Crippen molar-refractivity contribution in [2.45, 2.75) is 25.8 Å². The van der Waals surface area contributed by atoms with Crippen LogP contribution in [-0.4, -0.2) is 76.4 Å². The summed E-state index contributed by atoms with van der Waals surface area (Å²) in [7, 11) is 0. The summed E-state index contributed by atoms with van der Waals surface area (Å²) in [5.74, 6) is 0.785. The van der Waals surface area contributed by atoms with Gasteiger partial charge in [0, 0.05) is 58.8 Å². The van der Waals surface area contributed by atoms with Crippen LogP contribution in [0.25, 0.3) is 0 Å². The first-order chi connectivity index (χ1) is 15.6. The summed E-state index contributed by atoms with van der Waals surface area (Å²) < 4.78 is 0. The minimum Gasteiger partial charge on any atom is -0.364 e. The Hall–Kier alpha value is -3.27. The Balaban J connectivity index is 1.35. The van der Waals surface area contributed by atoms with Gasteiger partial charge < -0.3 is 15.1 Å². The number of carbonyl (C=O) groups excluding carboxylic acids is 1. The number of likely N-dealkylation sites (tertiary alicyclic amines) is 1. The summed E-state index contributed by atoms with van der Waals surface area (Å²) in [5.41, 5.74) is 1.18. The SMILES string of the molecule is O=C1CCCN1CCCNc1ncnc(N2CCN(Cc3ccccc3)CC2)c1[N+](=O)[O-]. The van der Waals surface area contributed by atoms with Crippen molar-refractivity contribution >= 4 is 23.2 Å². The molecule has 0 unspecified atom stereocenters. The third kappa shape index (κ3) is 5.31. The first-order valence-corrected chi connectivity index (χ1v) is 11.1. The summed E-state index contributed by atoms with van der Waals surface area (Å²) in [4.78, 5) is 37.7. The van der Waals surface area contributed by atoms with Crippen LogP contribution in [0.5, 0.6) is 0 Å². The van der Waals surface area contributed by atoms with Crippen LogP contribution in [0.2, 0.25) is 0 Å². The minimum absolute atomic E-state index is 0.0822. The normalized spacial score (nSPS) is 17.1. The Morgan fingerprint density at radius 2 is 1.84 bits per heavy atom. The molecule has 3 heterocycles. The van der Waals surface area contributed by atoms with Gasteiger partial charge in [0.05, 0.1) is 4.92 Å². The maximum Gasteiger partial charge on any atom is 0.353 e. The van der Waals surface area contributed by atoms with E-state index in [1.54, 1.807) is 0 Å². The monoisotopic (exact) mass is 439 g/mol. The molecule has 0 spiro atoms. The third-order valence-electron chi connectivity index (χ3n) is 5.97. The van der Waals surface area contributed by atoms with Gasteiger partial charge >= 0.3 is 5.69 Å². The molecule has 2 aromatic rings. The highest BCUT2D eigenvalue weighted by Crippen LogP contribution is 2.32. The maximum atomic E-state index is 11.9. The maximum absolute atomic E-state index is 11.9. The lowest BCUT2D eigenvalue weighted by molar-refractivity contribution is -0.383. The molecule has 1 amide bonds. The van der Waals surface area contributed by atoms with Crippen LogP contribution in [0.4, 0.5) is 17.3 Å². The van der Waals surface area contributed by atoms with Crippen LogP contribution in [0.15, 0.2) is 36.7 Å². The second kappa shape index (κ2) is 10.4. The van der Waals surface area contributed by atoms with Crippen molar-refractivity contribution in [2.75, 3.05) is 56.0 Å². The standard InChI is InChI=1S/C22H29N7O3/c30-19-8-4-10-27(19)11-5-9-23-21-20(29(31)32)22(25-17-24-21)28-14-12-26(13-15-28)16-18-6-2-1-3-7-18/h1-3,6-7,17H,4-5,8-16H2,(H,23,24,25). The number of hydrogen-bond acceptors (Lipinski definition) is 8. The second-order valence-corrected chi connectivity index (χ2v) is 8.17. The number of aromatic nitrogens is 2. The lowest BCUT2D eigenvalue weighted by Crippen LogP contribution is -2.46. The number of piperazine rings is 1.